The van der Waals surface area contributed by atoms with Crippen molar-refractivity contribution in [3.8, 4) is 0 Å². The van der Waals surface area contributed by atoms with Gasteiger partial charge >= 0.3 is 5.97 Å². The van der Waals surface area contributed by atoms with Gasteiger partial charge in [-0.25, -0.2) is 0 Å². The highest BCUT2D eigenvalue weighted by molar-refractivity contribution is 6.31. The monoisotopic (exact) mass is 309 g/mol. The summed E-state index contributed by atoms with van der Waals surface area (Å²) in [6.45, 7) is 0.404. The van der Waals surface area contributed by atoms with E-state index in [1.165, 1.54) is 0 Å². The molecule has 2 unspecified atom stereocenters. The van der Waals surface area contributed by atoms with Gasteiger partial charge in [0.25, 0.3) is 0 Å². The van der Waals surface area contributed by atoms with E-state index in [2.05, 4.69) is 0 Å². The molecule has 0 radical (unpaired) electrons. The minimum atomic E-state index is -0.862. The Hall–Kier alpha value is -1.55. The van der Waals surface area contributed by atoms with Crippen LogP contribution in [0.1, 0.15) is 31.2 Å². The molecule has 1 aromatic carbocycles. The predicted molar refractivity (Wildman–Crippen MR) is 81.0 cm³/mol. The number of rotatable bonds is 4. The lowest BCUT2D eigenvalue weighted by Crippen LogP contribution is -2.40. The quantitative estimate of drug-likeness (QED) is 0.929. The van der Waals surface area contributed by atoms with Gasteiger partial charge in [-0.05, 0) is 24.5 Å². The molecule has 1 amide bonds. The Morgan fingerprint density at radius 3 is 2.48 bits per heavy atom. The van der Waals surface area contributed by atoms with E-state index >= 15 is 0 Å². The summed E-state index contributed by atoms with van der Waals surface area (Å²) in [5, 5.41) is 9.90. The maximum Gasteiger partial charge on any atom is 0.307 e. The first-order chi connectivity index (χ1) is 10.0. The van der Waals surface area contributed by atoms with Gasteiger partial charge in [-0.2, -0.15) is 0 Å². The van der Waals surface area contributed by atoms with E-state index in [1.807, 2.05) is 18.2 Å². The largest absolute Gasteiger partial charge is 0.481 e. The lowest BCUT2D eigenvalue weighted by atomic mass is 9.78. The third-order valence-electron chi connectivity index (χ3n) is 4.14. The van der Waals surface area contributed by atoms with Crippen molar-refractivity contribution in [1.82, 2.24) is 4.90 Å². The number of carboxylic acids is 1. The fourth-order valence-corrected chi connectivity index (χ4v) is 3.16. The molecule has 5 heteroatoms. The molecule has 0 heterocycles. The molecule has 4 nitrogen and oxygen atoms in total. The van der Waals surface area contributed by atoms with Gasteiger partial charge in [-0.3, -0.25) is 9.59 Å². The number of halogens is 1. The van der Waals surface area contributed by atoms with Gasteiger partial charge in [0, 0.05) is 18.6 Å². The van der Waals surface area contributed by atoms with Crippen LogP contribution in [0.15, 0.2) is 24.3 Å². The van der Waals surface area contributed by atoms with Crippen LogP contribution >= 0.6 is 11.6 Å². The Morgan fingerprint density at radius 1 is 1.24 bits per heavy atom. The third-order valence-corrected chi connectivity index (χ3v) is 4.51. The predicted octanol–water partition coefficient (Wildman–Crippen LogP) is 3.19. The summed E-state index contributed by atoms with van der Waals surface area (Å²) in [5.74, 6) is -1.93. The maximum atomic E-state index is 12.5. The first kappa shape index (κ1) is 15.8. The highest BCUT2D eigenvalue weighted by atomic mass is 35.5. The van der Waals surface area contributed by atoms with Crippen LogP contribution in [0.3, 0.4) is 0 Å². The summed E-state index contributed by atoms with van der Waals surface area (Å²) in [6.07, 6.45) is 3.05. The highest BCUT2D eigenvalue weighted by Crippen LogP contribution is 2.32. The molecule has 0 spiro atoms. The van der Waals surface area contributed by atoms with E-state index in [9.17, 15) is 14.7 Å². The number of benzene rings is 1. The summed E-state index contributed by atoms with van der Waals surface area (Å²) in [7, 11) is 1.71. The number of hydrogen-bond acceptors (Lipinski definition) is 2. The Labute approximate surface area is 129 Å². The van der Waals surface area contributed by atoms with Crippen molar-refractivity contribution in [1.29, 1.82) is 0 Å². The zero-order valence-corrected chi connectivity index (χ0v) is 12.8. The van der Waals surface area contributed by atoms with E-state index in [0.29, 0.717) is 24.4 Å². The molecule has 21 heavy (non-hydrogen) atoms. The van der Waals surface area contributed by atoms with Crippen LogP contribution in [-0.4, -0.2) is 28.9 Å². The van der Waals surface area contributed by atoms with Crippen molar-refractivity contribution in [3.05, 3.63) is 34.9 Å². The van der Waals surface area contributed by atoms with Gasteiger partial charge in [0.15, 0.2) is 0 Å². The summed E-state index contributed by atoms with van der Waals surface area (Å²) in [5.41, 5.74) is 0.873. The number of nitrogens with zero attached hydrogens (tertiary/aromatic N) is 1. The average Bonchev–Trinajstić information content (AvgIpc) is 2.48. The molecule has 2 rings (SSSR count). The zero-order valence-electron chi connectivity index (χ0n) is 12.1. The van der Waals surface area contributed by atoms with E-state index < -0.39 is 17.8 Å². The second-order valence-corrected chi connectivity index (χ2v) is 6.03. The summed E-state index contributed by atoms with van der Waals surface area (Å²) in [4.78, 5) is 25.5. The third kappa shape index (κ3) is 3.76. The fraction of sp³-hybridized carbons (Fsp3) is 0.500. The lowest BCUT2D eigenvalue weighted by molar-refractivity contribution is -0.152. The number of hydrogen-bond donors (Lipinski definition) is 1. The minimum Gasteiger partial charge on any atom is -0.481 e. The van der Waals surface area contributed by atoms with Crippen LogP contribution in [0, 0.1) is 11.8 Å². The molecule has 0 bridgehead atoms. The molecule has 1 fully saturated rings. The Balaban J connectivity index is 2.07. The topological polar surface area (TPSA) is 57.6 Å². The van der Waals surface area contributed by atoms with Crippen molar-refractivity contribution in [3.63, 3.8) is 0 Å². The highest BCUT2D eigenvalue weighted by Gasteiger charge is 2.37. The second-order valence-electron chi connectivity index (χ2n) is 5.62. The van der Waals surface area contributed by atoms with Gasteiger partial charge < -0.3 is 10.0 Å². The SMILES string of the molecule is CN(Cc1ccccc1Cl)C(=O)C1CCCCC1C(=O)O. The summed E-state index contributed by atoms with van der Waals surface area (Å²) >= 11 is 6.11. The first-order valence-electron chi connectivity index (χ1n) is 7.22. The first-order valence-corrected chi connectivity index (χ1v) is 7.59. The molecule has 1 N–H and O–H groups in total. The number of carbonyl (C=O) groups excluding carboxylic acids is 1. The van der Waals surface area contributed by atoms with Crippen LogP contribution in [0.5, 0.6) is 0 Å². The van der Waals surface area contributed by atoms with E-state index in [4.69, 9.17) is 11.6 Å². The van der Waals surface area contributed by atoms with Crippen LogP contribution in [0.25, 0.3) is 0 Å². The molecule has 1 saturated carbocycles. The summed E-state index contributed by atoms with van der Waals surface area (Å²) in [6, 6.07) is 7.38. The summed E-state index contributed by atoms with van der Waals surface area (Å²) < 4.78 is 0. The van der Waals surface area contributed by atoms with Crippen molar-refractivity contribution < 1.29 is 14.7 Å². The molecule has 2 atom stereocenters. The van der Waals surface area contributed by atoms with Gasteiger partial charge in [-0.15, -0.1) is 0 Å². The Kier molecular flexibility index (Phi) is 5.23. The zero-order chi connectivity index (χ0) is 15.4. The van der Waals surface area contributed by atoms with Crippen LogP contribution in [0.2, 0.25) is 5.02 Å². The van der Waals surface area contributed by atoms with E-state index in [-0.39, 0.29) is 5.91 Å². The van der Waals surface area contributed by atoms with E-state index in [0.717, 1.165) is 18.4 Å². The van der Waals surface area contributed by atoms with Crippen molar-refractivity contribution >= 4 is 23.5 Å². The van der Waals surface area contributed by atoms with Gasteiger partial charge in [-0.1, -0.05) is 42.6 Å². The smallest absolute Gasteiger partial charge is 0.307 e. The number of carbonyl (C=O) groups is 2. The number of carboxylic acid groups (broad SMARTS) is 1. The molecular formula is C16H20ClNO3. The molecule has 114 valence electrons. The average molecular weight is 310 g/mol. The van der Waals surface area contributed by atoms with Crippen LogP contribution < -0.4 is 0 Å². The maximum absolute atomic E-state index is 12.5. The Bertz CT molecular complexity index is 532. The number of amides is 1. The normalized spacial score (nSPS) is 21.8. The minimum absolute atomic E-state index is 0.0954. The van der Waals surface area contributed by atoms with Crippen LogP contribution in [0.4, 0.5) is 0 Å². The van der Waals surface area contributed by atoms with Crippen LogP contribution in [-0.2, 0) is 16.1 Å². The molecule has 0 aliphatic heterocycles. The molecule has 1 aliphatic carbocycles. The molecule has 1 aromatic rings. The van der Waals surface area contributed by atoms with Gasteiger partial charge in [0.05, 0.1) is 11.8 Å². The molecule has 0 saturated heterocycles. The molecule has 0 aromatic heterocycles. The van der Waals surface area contributed by atoms with Crippen molar-refractivity contribution in [2.24, 2.45) is 11.8 Å². The standard InChI is InChI=1S/C16H20ClNO3/c1-18(10-11-6-2-5-9-14(11)17)15(19)12-7-3-4-8-13(12)16(20)21/h2,5-6,9,12-13H,3-4,7-8,10H2,1H3,(H,20,21). The second kappa shape index (κ2) is 6.94. The lowest BCUT2D eigenvalue weighted by Gasteiger charge is -2.31. The molecule has 1 aliphatic rings. The van der Waals surface area contributed by atoms with Crippen molar-refractivity contribution in [2.45, 2.75) is 32.2 Å². The van der Waals surface area contributed by atoms with E-state index in [1.54, 1.807) is 18.0 Å². The fourth-order valence-electron chi connectivity index (χ4n) is 2.97. The van der Waals surface area contributed by atoms with Crippen molar-refractivity contribution in [2.75, 3.05) is 7.05 Å². The molecular weight excluding hydrogens is 290 g/mol. The number of aliphatic carboxylic acids is 1. The van der Waals surface area contributed by atoms with Gasteiger partial charge in [0.2, 0.25) is 5.91 Å². The Morgan fingerprint density at radius 2 is 1.86 bits per heavy atom. The van der Waals surface area contributed by atoms with Gasteiger partial charge in [0.1, 0.15) is 0 Å².